The third-order valence-electron chi connectivity index (χ3n) is 4.73. The van der Waals surface area contributed by atoms with Gasteiger partial charge in [-0.1, -0.05) is 18.2 Å². The van der Waals surface area contributed by atoms with Gasteiger partial charge in [-0.15, -0.1) is 0 Å². The molecule has 1 N–H and O–H groups in total. The van der Waals surface area contributed by atoms with E-state index in [0.29, 0.717) is 31.5 Å². The Bertz CT molecular complexity index is 687. The number of hydrogen-bond donors (Lipinski definition) is 1. The number of benzene rings is 1. The fourth-order valence-electron chi connectivity index (χ4n) is 3.25. The van der Waals surface area contributed by atoms with E-state index in [9.17, 15) is 18.8 Å². The van der Waals surface area contributed by atoms with Gasteiger partial charge < -0.3 is 15.0 Å². The number of rotatable bonds is 4. The highest BCUT2D eigenvalue weighted by atomic mass is 19.1. The van der Waals surface area contributed by atoms with Crippen LogP contribution in [0.1, 0.15) is 24.8 Å². The number of amides is 2. The quantitative estimate of drug-likeness (QED) is 0.825. The summed E-state index contributed by atoms with van der Waals surface area (Å²) < 4.78 is 18.8. The average Bonchev–Trinajstić information content (AvgIpc) is 3.38. The van der Waals surface area contributed by atoms with Crippen molar-refractivity contribution in [3.8, 4) is 0 Å². The molecule has 1 aliphatic carbocycles. The molecular weight excluding hydrogens is 315 g/mol. The summed E-state index contributed by atoms with van der Waals surface area (Å²) in [6.07, 6.45) is 0.868. The van der Waals surface area contributed by atoms with Gasteiger partial charge in [-0.05, 0) is 18.9 Å². The molecule has 0 bridgehead atoms. The van der Waals surface area contributed by atoms with Crippen molar-refractivity contribution in [3.63, 3.8) is 0 Å². The lowest BCUT2D eigenvalue weighted by Gasteiger charge is -2.37. The Morgan fingerprint density at radius 2 is 2.08 bits per heavy atom. The lowest BCUT2D eigenvalue weighted by atomic mass is 9.92. The molecule has 128 valence electrons. The molecule has 2 amide bonds. The standard InChI is InChI=1S/C17H19FN2O4/c1-24-14(21)10-13-15(22)19-8-9-20(13)16(23)17(6-7-17)11-4-2-3-5-12(11)18/h2-5,13H,6-10H2,1H3,(H,19,22)/t13-/m0/s1. The first kappa shape index (κ1) is 16.4. The van der Waals surface area contributed by atoms with Gasteiger partial charge in [-0.25, -0.2) is 4.39 Å². The molecule has 2 fully saturated rings. The molecule has 3 rings (SSSR count). The van der Waals surface area contributed by atoms with Crippen molar-refractivity contribution >= 4 is 17.8 Å². The molecule has 24 heavy (non-hydrogen) atoms. The first-order chi connectivity index (χ1) is 11.5. The Morgan fingerprint density at radius 1 is 1.38 bits per heavy atom. The Labute approximate surface area is 139 Å². The number of ether oxygens (including phenoxy) is 1. The van der Waals surface area contributed by atoms with E-state index in [4.69, 9.17) is 0 Å². The molecule has 0 radical (unpaired) electrons. The van der Waals surface area contributed by atoms with Gasteiger partial charge in [0, 0.05) is 18.7 Å². The second kappa shape index (κ2) is 6.22. The van der Waals surface area contributed by atoms with Crippen molar-refractivity contribution in [1.82, 2.24) is 10.2 Å². The number of piperazine rings is 1. The predicted molar refractivity (Wildman–Crippen MR) is 82.5 cm³/mol. The molecule has 0 unspecified atom stereocenters. The lowest BCUT2D eigenvalue weighted by Crippen LogP contribution is -2.59. The van der Waals surface area contributed by atoms with E-state index >= 15 is 0 Å². The fraction of sp³-hybridized carbons (Fsp3) is 0.471. The smallest absolute Gasteiger partial charge is 0.308 e. The molecule has 1 heterocycles. The highest BCUT2D eigenvalue weighted by Gasteiger charge is 2.56. The topological polar surface area (TPSA) is 75.7 Å². The molecule has 6 nitrogen and oxygen atoms in total. The summed E-state index contributed by atoms with van der Waals surface area (Å²) in [5.41, 5.74) is -0.560. The number of hydrogen-bond acceptors (Lipinski definition) is 4. The van der Waals surface area contributed by atoms with Crippen molar-refractivity contribution in [3.05, 3.63) is 35.6 Å². The minimum absolute atomic E-state index is 0.207. The van der Waals surface area contributed by atoms with Crippen molar-refractivity contribution in [2.45, 2.75) is 30.7 Å². The van der Waals surface area contributed by atoms with Crippen molar-refractivity contribution in [2.75, 3.05) is 20.2 Å². The molecule has 0 spiro atoms. The van der Waals surface area contributed by atoms with Gasteiger partial charge >= 0.3 is 5.97 Å². The first-order valence-electron chi connectivity index (χ1n) is 7.90. The highest BCUT2D eigenvalue weighted by molar-refractivity contribution is 5.97. The van der Waals surface area contributed by atoms with E-state index in [-0.39, 0.29) is 18.2 Å². The third kappa shape index (κ3) is 2.74. The number of nitrogens with zero attached hydrogens (tertiary/aromatic N) is 1. The molecule has 7 heteroatoms. The van der Waals surface area contributed by atoms with E-state index < -0.39 is 23.2 Å². The monoisotopic (exact) mass is 334 g/mol. The van der Waals surface area contributed by atoms with Crippen LogP contribution >= 0.6 is 0 Å². The molecule has 1 saturated heterocycles. The van der Waals surface area contributed by atoms with Crippen LogP contribution in [0.15, 0.2) is 24.3 Å². The lowest BCUT2D eigenvalue weighted by molar-refractivity contribution is -0.151. The largest absolute Gasteiger partial charge is 0.469 e. The predicted octanol–water partition coefficient (Wildman–Crippen LogP) is 0.747. The molecule has 1 saturated carbocycles. The van der Waals surface area contributed by atoms with Crippen molar-refractivity contribution < 1.29 is 23.5 Å². The number of esters is 1. The van der Waals surface area contributed by atoms with Gasteiger partial charge in [0.25, 0.3) is 0 Å². The molecule has 1 aromatic carbocycles. The van der Waals surface area contributed by atoms with Crippen LogP contribution in [0.3, 0.4) is 0 Å². The maximum atomic E-state index is 14.2. The van der Waals surface area contributed by atoms with Crippen LogP contribution in [0.25, 0.3) is 0 Å². The van der Waals surface area contributed by atoms with Gasteiger partial charge in [-0.3, -0.25) is 14.4 Å². The zero-order valence-corrected chi connectivity index (χ0v) is 13.4. The Kier molecular flexibility index (Phi) is 4.26. The Hall–Kier alpha value is -2.44. The maximum absolute atomic E-state index is 14.2. The molecular formula is C17H19FN2O4. The Morgan fingerprint density at radius 3 is 2.71 bits per heavy atom. The van der Waals surface area contributed by atoms with Crippen LogP contribution in [0.5, 0.6) is 0 Å². The van der Waals surface area contributed by atoms with Crippen LogP contribution in [0, 0.1) is 5.82 Å². The average molecular weight is 334 g/mol. The summed E-state index contributed by atoms with van der Waals surface area (Å²) in [7, 11) is 1.23. The number of nitrogens with one attached hydrogen (secondary N) is 1. The number of halogens is 1. The first-order valence-corrected chi connectivity index (χ1v) is 7.90. The van der Waals surface area contributed by atoms with Crippen LogP contribution in [0.4, 0.5) is 4.39 Å². The highest BCUT2D eigenvalue weighted by Crippen LogP contribution is 2.50. The van der Waals surface area contributed by atoms with Crippen LogP contribution in [0.2, 0.25) is 0 Å². The Balaban J connectivity index is 1.88. The van der Waals surface area contributed by atoms with Gasteiger partial charge in [-0.2, -0.15) is 0 Å². The van der Waals surface area contributed by atoms with Gasteiger partial charge in [0.15, 0.2) is 0 Å². The van der Waals surface area contributed by atoms with E-state index in [1.165, 1.54) is 18.1 Å². The summed E-state index contributed by atoms with van der Waals surface area (Å²) in [6, 6.07) is 5.30. The van der Waals surface area contributed by atoms with E-state index in [1.54, 1.807) is 18.2 Å². The summed E-state index contributed by atoms with van der Waals surface area (Å²) in [4.78, 5) is 38.2. The summed E-state index contributed by atoms with van der Waals surface area (Å²) >= 11 is 0. The van der Waals surface area contributed by atoms with E-state index in [1.807, 2.05) is 0 Å². The number of carbonyl (C=O) groups excluding carboxylic acids is 3. The molecule has 2 aliphatic rings. The zero-order chi connectivity index (χ0) is 17.3. The number of carbonyl (C=O) groups is 3. The van der Waals surface area contributed by atoms with E-state index in [2.05, 4.69) is 10.1 Å². The van der Waals surface area contributed by atoms with Gasteiger partial charge in [0.2, 0.25) is 11.8 Å². The summed E-state index contributed by atoms with van der Waals surface area (Å²) in [5.74, 6) is -1.67. The second-order valence-corrected chi connectivity index (χ2v) is 6.15. The zero-order valence-electron chi connectivity index (χ0n) is 13.4. The second-order valence-electron chi connectivity index (χ2n) is 6.15. The minimum atomic E-state index is -0.919. The van der Waals surface area contributed by atoms with Gasteiger partial charge in [0.05, 0.1) is 18.9 Å². The molecule has 1 aromatic rings. The minimum Gasteiger partial charge on any atom is -0.469 e. The van der Waals surface area contributed by atoms with Crippen LogP contribution in [-0.4, -0.2) is 48.9 Å². The van der Waals surface area contributed by atoms with E-state index in [0.717, 1.165) is 0 Å². The normalized spacial score (nSPS) is 21.8. The summed E-state index contributed by atoms with van der Waals surface area (Å²) in [6.45, 7) is 0.609. The third-order valence-corrected chi connectivity index (χ3v) is 4.73. The molecule has 1 aliphatic heterocycles. The van der Waals surface area contributed by atoms with Crippen molar-refractivity contribution in [1.29, 1.82) is 0 Å². The number of methoxy groups -OCH3 is 1. The van der Waals surface area contributed by atoms with Crippen LogP contribution < -0.4 is 5.32 Å². The maximum Gasteiger partial charge on any atom is 0.308 e. The SMILES string of the molecule is COC(=O)C[C@H]1C(=O)NCCN1C(=O)C1(c2ccccc2F)CC1. The molecule has 0 aromatic heterocycles. The van der Waals surface area contributed by atoms with Crippen LogP contribution in [-0.2, 0) is 24.5 Å². The summed E-state index contributed by atoms with van der Waals surface area (Å²) in [5, 5.41) is 2.65. The van der Waals surface area contributed by atoms with Gasteiger partial charge in [0.1, 0.15) is 11.9 Å². The molecule has 1 atom stereocenters. The van der Waals surface area contributed by atoms with Crippen molar-refractivity contribution in [2.24, 2.45) is 0 Å². The fourth-order valence-corrected chi connectivity index (χ4v) is 3.25.